The molecule has 7 aromatic rings. The normalized spacial score (nSPS) is 11.1. The number of hydrogen-bond acceptors (Lipinski definition) is 4. The van der Waals surface area contributed by atoms with Crippen molar-refractivity contribution in [2.24, 2.45) is 0 Å². The first kappa shape index (κ1) is 21.8. The van der Waals surface area contributed by atoms with Gasteiger partial charge in [0.05, 0.1) is 33.7 Å². The molecular formula is C34H20N4. The van der Waals surface area contributed by atoms with Crippen molar-refractivity contribution in [1.29, 1.82) is 5.26 Å². The number of para-hydroxylation sites is 1. The second kappa shape index (κ2) is 8.92. The molecule has 0 amide bonds. The molecule has 0 fully saturated rings. The van der Waals surface area contributed by atoms with Crippen molar-refractivity contribution in [2.75, 3.05) is 0 Å². The number of pyridine rings is 1. The number of hydrogen-bond donors (Lipinski definition) is 0. The quantitative estimate of drug-likeness (QED) is 0.237. The minimum absolute atomic E-state index is 0.478. The predicted octanol–water partition coefficient (Wildman–Crippen LogP) is 8.20. The summed E-state index contributed by atoms with van der Waals surface area (Å²) in [5, 5.41) is 13.1. The van der Waals surface area contributed by atoms with Crippen molar-refractivity contribution < 1.29 is 0 Å². The molecule has 0 aliphatic rings. The molecular weight excluding hydrogens is 464 g/mol. The maximum absolute atomic E-state index is 10.3. The van der Waals surface area contributed by atoms with Gasteiger partial charge in [0.1, 0.15) is 11.6 Å². The Labute approximate surface area is 219 Å². The molecule has 0 saturated carbocycles. The molecule has 0 bridgehead atoms. The number of aromatic nitrogens is 3. The van der Waals surface area contributed by atoms with Gasteiger partial charge in [-0.15, -0.1) is 0 Å². The summed E-state index contributed by atoms with van der Waals surface area (Å²) in [6.45, 7) is 0. The zero-order valence-corrected chi connectivity index (χ0v) is 20.3. The van der Waals surface area contributed by atoms with Crippen LogP contribution in [0.4, 0.5) is 0 Å². The number of nitrogens with zero attached hydrogens (tertiary/aromatic N) is 4. The third-order valence-electron chi connectivity index (χ3n) is 6.87. The fraction of sp³-hybridized carbons (Fsp3) is 0. The zero-order chi connectivity index (χ0) is 25.5. The van der Waals surface area contributed by atoms with E-state index in [4.69, 9.17) is 15.0 Å². The highest BCUT2D eigenvalue weighted by molar-refractivity contribution is 6.22. The second-order valence-electron chi connectivity index (χ2n) is 9.15. The SMILES string of the molecule is N#Cc1cc2c(-c3ccccc3)nc3ccccc3c2c2nc(-c3ccccc3)c(-c3ccccc3)nc12. The van der Waals surface area contributed by atoms with E-state index in [-0.39, 0.29) is 0 Å². The number of rotatable bonds is 3. The lowest BCUT2D eigenvalue weighted by molar-refractivity contribution is 1.29. The van der Waals surface area contributed by atoms with Gasteiger partial charge in [-0.1, -0.05) is 109 Å². The standard InChI is InChI=1S/C34H20N4/c35-21-25-20-27-29(26-18-10-11-19-28(26)36-30(27)22-12-4-1-5-13-22)34-33(25)37-31(23-14-6-2-7-15-23)32(38-34)24-16-8-3-9-17-24/h1-20H. The van der Waals surface area contributed by atoms with E-state index in [1.54, 1.807) is 0 Å². The summed E-state index contributed by atoms with van der Waals surface area (Å²) in [6, 6.07) is 42.7. The molecule has 0 saturated heterocycles. The molecule has 0 aliphatic heterocycles. The second-order valence-corrected chi connectivity index (χ2v) is 9.15. The molecule has 38 heavy (non-hydrogen) atoms. The molecule has 0 radical (unpaired) electrons. The highest BCUT2D eigenvalue weighted by Gasteiger charge is 2.21. The van der Waals surface area contributed by atoms with Crippen molar-refractivity contribution in [3.05, 3.63) is 127 Å². The molecule has 5 aromatic carbocycles. The van der Waals surface area contributed by atoms with Gasteiger partial charge in [-0.05, 0) is 12.1 Å². The van der Waals surface area contributed by atoms with Crippen LogP contribution in [0.1, 0.15) is 5.56 Å². The average molecular weight is 485 g/mol. The Morgan fingerprint density at radius 3 is 1.55 bits per heavy atom. The third kappa shape index (κ3) is 3.49. The Morgan fingerprint density at radius 2 is 0.974 bits per heavy atom. The van der Waals surface area contributed by atoms with Gasteiger partial charge in [-0.25, -0.2) is 15.0 Å². The van der Waals surface area contributed by atoms with E-state index >= 15 is 0 Å². The lowest BCUT2D eigenvalue weighted by Gasteiger charge is -2.16. The van der Waals surface area contributed by atoms with Crippen LogP contribution < -0.4 is 0 Å². The third-order valence-corrected chi connectivity index (χ3v) is 6.87. The van der Waals surface area contributed by atoms with Crippen LogP contribution in [0.3, 0.4) is 0 Å². The van der Waals surface area contributed by atoms with Crippen LogP contribution in [-0.2, 0) is 0 Å². The Balaban J connectivity index is 1.70. The van der Waals surface area contributed by atoms with Gasteiger partial charge >= 0.3 is 0 Å². The molecule has 176 valence electrons. The van der Waals surface area contributed by atoms with Crippen LogP contribution in [0, 0.1) is 11.3 Å². The average Bonchev–Trinajstić information content (AvgIpc) is 3.00. The Kier molecular flexibility index (Phi) is 5.13. The highest BCUT2D eigenvalue weighted by Crippen LogP contribution is 2.40. The van der Waals surface area contributed by atoms with Crippen molar-refractivity contribution in [2.45, 2.75) is 0 Å². The number of nitriles is 1. The van der Waals surface area contributed by atoms with Crippen molar-refractivity contribution in [3.63, 3.8) is 0 Å². The van der Waals surface area contributed by atoms with E-state index in [0.29, 0.717) is 16.6 Å². The maximum atomic E-state index is 10.3. The Bertz CT molecular complexity index is 2010. The fourth-order valence-corrected chi connectivity index (χ4v) is 5.13. The summed E-state index contributed by atoms with van der Waals surface area (Å²) in [4.78, 5) is 15.5. The maximum Gasteiger partial charge on any atom is 0.108 e. The van der Waals surface area contributed by atoms with Crippen LogP contribution in [0.5, 0.6) is 0 Å². The lowest BCUT2D eigenvalue weighted by atomic mass is 9.95. The number of benzene rings is 5. The van der Waals surface area contributed by atoms with Crippen LogP contribution in [-0.4, -0.2) is 15.0 Å². The highest BCUT2D eigenvalue weighted by atomic mass is 14.8. The van der Waals surface area contributed by atoms with Gasteiger partial charge < -0.3 is 0 Å². The predicted molar refractivity (Wildman–Crippen MR) is 153 cm³/mol. The molecule has 4 nitrogen and oxygen atoms in total. The van der Waals surface area contributed by atoms with Gasteiger partial charge in [0.25, 0.3) is 0 Å². The Hall–Kier alpha value is -5.40. The van der Waals surface area contributed by atoms with Crippen LogP contribution in [0.2, 0.25) is 0 Å². The molecule has 4 heteroatoms. The molecule has 2 aromatic heterocycles. The molecule has 0 aliphatic carbocycles. The van der Waals surface area contributed by atoms with Gasteiger partial charge in [0.15, 0.2) is 0 Å². The van der Waals surface area contributed by atoms with Gasteiger partial charge in [-0.3, -0.25) is 0 Å². The minimum atomic E-state index is 0.478. The summed E-state index contributed by atoms with van der Waals surface area (Å²) < 4.78 is 0. The van der Waals surface area contributed by atoms with Crippen molar-refractivity contribution in [3.8, 4) is 39.8 Å². The van der Waals surface area contributed by atoms with E-state index in [0.717, 1.165) is 55.4 Å². The van der Waals surface area contributed by atoms with E-state index in [9.17, 15) is 5.26 Å². The van der Waals surface area contributed by atoms with E-state index in [1.807, 2.05) is 115 Å². The summed E-state index contributed by atoms with van der Waals surface area (Å²) >= 11 is 0. The first-order chi connectivity index (χ1) is 18.8. The zero-order valence-electron chi connectivity index (χ0n) is 20.3. The molecule has 2 heterocycles. The van der Waals surface area contributed by atoms with E-state index < -0.39 is 0 Å². The molecule has 7 rings (SSSR count). The molecule has 0 unspecified atom stereocenters. The van der Waals surface area contributed by atoms with Crippen LogP contribution in [0.15, 0.2) is 121 Å². The van der Waals surface area contributed by atoms with E-state index in [1.165, 1.54) is 0 Å². The summed E-state index contributed by atoms with van der Waals surface area (Å²) in [6.07, 6.45) is 0. The summed E-state index contributed by atoms with van der Waals surface area (Å²) in [7, 11) is 0. The molecule has 0 atom stereocenters. The minimum Gasteiger partial charge on any atom is -0.247 e. The van der Waals surface area contributed by atoms with Gasteiger partial charge in [-0.2, -0.15) is 5.26 Å². The van der Waals surface area contributed by atoms with Crippen molar-refractivity contribution >= 4 is 32.7 Å². The van der Waals surface area contributed by atoms with Gasteiger partial charge in [0, 0.05) is 32.8 Å². The summed E-state index contributed by atoms with van der Waals surface area (Å²) in [5.41, 5.74) is 7.92. The monoisotopic (exact) mass is 484 g/mol. The number of fused-ring (bicyclic) bond motifs is 5. The fourth-order valence-electron chi connectivity index (χ4n) is 5.13. The van der Waals surface area contributed by atoms with E-state index in [2.05, 4.69) is 12.1 Å². The smallest absolute Gasteiger partial charge is 0.108 e. The van der Waals surface area contributed by atoms with Crippen molar-refractivity contribution in [1.82, 2.24) is 15.0 Å². The summed E-state index contributed by atoms with van der Waals surface area (Å²) in [5.74, 6) is 0. The topological polar surface area (TPSA) is 62.5 Å². The van der Waals surface area contributed by atoms with Crippen LogP contribution >= 0.6 is 0 Å². The van der Waals surface area contributed by atoms with Gasteiger partial charge in [0.2, 0.25) is 0 Å². The molecule has 0 N–H and O–H groups in total. The first-order valence-electron chi connectivity index (χ1n) is 12.5. The Morgan fingerprint density at radius 1 is 0.474 bits per heavy atom. The largest absolute Gasteiger partial charge is 0.247 e. The first-order valence-corrected chi connectivity index (χ1v) is 12.5. The van der Waals surface area contributed by atoms with Crippen LogP contribution in [0.25, 0.3) is 66.5 Å². The lowest BCUT2D eigenvalue weighted by Crippen LogP contribution is -2.00. The molecule has 0 spiro atoms.